The van der Waals surface area contributed by atoms with E-state index in [1.54, 1.807) is 24.3 Å². The number of fused-ring (bicyclic) bond motifs is 3. The number of esters is 1. The highest BCUT2D eigenvalue weighted by Crippen LogP contribution is 2.62. The Morgan fingerprint density at radius 3 is 2.71 bits per heavy atom. The van der Waals surface area contributed by atoms with Crippen molar-refractivity contribution in [2.75, 3.05) is 37.0 Å². The second kappa shape index (κ2) is 13.4. The smallest absolute Gasteiger partial charge is 0.338 e. The summed E-state index contributed by atoms with van der Waals surface area (Å²) in [6, 6.07) is 12.7. The Balaban J connectivity index is 1.43. The number of carbonyl (C=O) groups excluding carboxylic acids is 3. The van der Waals surface area contributed by atoms with E-state index in [4.69, 9.17) is 32.7 Å². The van der Waals surface area contributed by atoms with Crippen LogP contribution in [-0.2, 0) is 24.6 Å². The van der Waals surface area contributed by atoms with Gasteiger partial charge in [0.15, 0.2) is 0 Å². The first-order chi connectivity index (χ1) is 24.5. The monoisotopic (exact) mass is 734 g/mol. The van der Waals surface area contributed by atoms with E-state index in [0.29, 0.717) is 35.8 Å². The number of carbonyl (C=O) groups is 3. The van der Waals surface area contributed by atoms with E-state index in [-0.39, 0.29) is 40.7 Å². The molecule has 2 amide bonds. The number of ether oxygens (including phenoxy) is 2. The Hall–Kier alpha value is -4.78. The molecule has 0 aromatic heterocycles. The van der Waals surface area contributed by atoms with Gasteiger partial charge in [-0.2, -0.15) is 0 Å². The molecule has 4 aliphatic rings. The summed E-state index contributed by atoms with van der Waals surface area (Å²) in [5.74, 6) is -4.07. The summed E-state index contributed by atoms with van der Waals surface area (Å²) in [5, 5.41) is 15.5. The molecule has 3 heterocycles. The molecule has 0 saturated carbocycles. The summed E-state index contributed by atoms with van der Waals surface area (Å²) >= 11 is 12.8. The lowest BCUT2D eigenvalue weighted by Gasteiger charge is -2.42. The number of methoxy groups -OCH3 is 1. The zero-order chi connectivity index (χ0) is 36.2. The van der Waals surface area contributed by atoms with E-state index in [1.165, 1.54) is 29.2 Å². The molecule has 0 bridgehead atoms. The molecule has 1 unspecified atom stereocenters. The zero-order valence-electron chi connectivity index (χ0n) is 27.6. The standard InChI is InChI=1S/C37H33Cl2FN4O7/c1-3-51-23-7-4-6-20(16-23)19-43-29-14-15-42(28-13-10-21(35(46)50-2)17-30(28)44(48)49)34(45)31(29)32(24-8-5-9-26(39)33(24)40)37(43)25-12-11-22(38)18-27(25)41-36(37)47/h4-13,17-18,20,29,31-32H,3,14-16,19H2,1-2H3,(H,41,47)/t20?,29-,31+,32-,37+/m0/s1. The van der Waals surface area contributed by atoms with Gasteiger partial charge in [0, 0.05) is 53.8 Å². The Morgan fingerprint density at radius 2 is 1.96 bits per heavy atom. The summed E-state index contributed by atoms with van der Waals surface area (Å²) in [4.78, 5) is 57.1. The number of nitrogens with one attached hydrogen (secondary N) is 1. The van der Waals surface area contributed by atoms with Crippen molar-refractivity contribution in [2.24, 2.45) is 11.8 Å². The van der Waals surface area contributed by atoms with Crippen LogP contribution in [0, 0.1) is 27.8 Å². The molecule has 3 aliphatic heterocycles. The van der Waals surface area contributed by atoms with Crippen LogP contribution in [0.3, 0.4) is 0 Å². The molecule has 3 aromatic rings. The average Bonchev–Trinajstić information content (AvgIpc) is 3.56. The highest BCUT2D eigenvalue weighted by molar-refractivity contribution is 6.31. The maximum atomic E-state index is 16.4. The van der Waals surface area contributed by atoms with Crippen LogP contribution in [0.4, 0.5) is 21.5 Å². The molecule has 1 spiro atoms. The van der Waals surface area contributed by atoms with Crippen molar-refractivity contribution in [2.45, 2.75) is 37.3 Å². The van der Waals surface area contributed by atoms with Gasteiger partial charge < -0.3 is 19.7 Å². The Kier molecular flexibility index (Phi) is 9.11. The van der Waals surface area contributed by atoms with Gasteiger partial charge in [-0.3, -0.25) is 24.6 Å². The fraction of sp³-hybridized carbons (Fsp3) is 0.324. The molecule has 2 saturated heterocycles. The summed E-state index contributed by atoms with van der Waals surface area (Å²) in [5.41, 5.74) is -1.12. The number of likely N-dealkylation sites (tertiary alicyclic amines) is 1. The maximum Gasteiger partial charge on any atom is 0.338 e. The summed E-state index contributed by atoms with van der Waals surface area (Å²) < 4.78 is 27.0. The third kappa shape index (κ3) is 5.56. The second-order valence-electron chi connectivity index (χ2n) is 12.9. The molecule has 2 fully saturated rings. The van der Waals surface area contributed by atoms with Gasteiger partial charge in [-0.15, -0.1) is 0 Å². The van der Waals surface area contributed by atoms with E-state index < -0.39 is 57.6 Å². The van der Waals surface area contributed by atoms with Gasteiger partial charge in [0.25, 0.3) is 5.69 Å². The van der Waals surface area contributed by atoms with Crippen LogP contribution in [-0.4, -0.2) is 60.5 Å². The maximum absolute atomic E-state index is 16.4. The molecule has 1 aliphatic carbocycles. The Bertz CT molecular complexity index is 2040. The van der Waals surface area contributed by atoms with Crippen LogP contribution >= 0.6 is 23.2 Å². The predicted molar refractivity (Wildman–Crippen MR) is 188 cm³/mol. The number of nitro benzene ring substituents is 1. The van der Waals surface area contributed by atoms with E-state index in [0.717, 1.165) is 18.9 Å². The van der Waals surface area contributed by atoms with Crippen molar-refractivity contribution in [3.05, 3.63) is 121 Å². The minimum atomic E-state index is -1.60. The SMILES string of the molecule is CCOC1=CC=CC(CN2[C@H]3CCN(c4ccc(C(=O)OC)cc4[N+](=O)[O-])C(=O)[C@H]3[C@H](c3cccc(Cl)c3F)[C@]23C(=O)Nc2cc(Cl)ccc23)C1. The van der Waals surface area contributed by atoms with Crippen molar-refractivity contribution in [1.82, 2.24) is 4.90 Å². The van der Waals surface area contributed by atoms with Crippen LogP contribution < -0.4 is 10.2 Å². The minimum Gasteiger partial charge on any atom is -0.498 e. The molecule has 7 rings (SSSR count). The molecule has 5 atom stereocenters. The third-order valence-electron chi connectivity index (χ3n) is 10.4. The Labute approximate surface area is 302 Å². The first-order valence-corrected chi connectivity index (χ1v) is 17.3. The normalized spacial score (nSPS) is 25.4. The molecular weight excluding hydrogens is 702 g/mol. The molecule has 14 heteroatoms. The number of hydrogen-bond acceptors (Lipinski definition) is 8. The van der Waals surface area contributed by atoms with E-state index >= 15 is 9.18 Å². The first kappa shape index (κ1) is 34.7. The number of halogens is 3. The lowest BCUT2D eigenvalue weighted by molar-refractivity contribution is -0.384. The summed E-state index contributed by atoms with van der Waals surface area (Å²) in [7, 11) is 1.16. The molecule has 1 N–H and O–H groups in total. The van der Waals surface area contributed by atoms with Crippen LogP contribution in [0.25, 0.3) is 0 Å². The van der Waals surface area contributed by atoms with Gasteiger partial charge in [-0.25, -0.2) is 9.18 Å². The highest BCUT2D eigenvalue weighted by Gasteiger charge is 2.70. The summed E-state index contributed by atoms with van der Waals surface area (Å²) in [6.45, 7) is 2.73. The topological polar surface area (TPSA) is 131 Å². The lowest BCUT2D eigenvalue weighted by atomic mass is 9.70. The fourth-order valence-corrected chi connectivity index (χ4v) is 8.78. The average molecular weight is 736 g/mol. The van der Waals surface area contributed by atoms with Crippen LogP contribution in [0.15, 0.2) is 78.6 Å². The van der Waals surface area contributed by atoms with Crippen molar-refractivity contribution in [1.29, 1.82) is 0 Å². The van der Waals surface area contributed by atoms with Gasteiger partial charge in [-0.05, 0) is 61.2 Å². The van der Waals surface area contributed by atoms with Gasteiger partial charge in [-0.1, -0.05) is 53.6 Å². The molecular formula is C37H33Cl2FN4O7. The van der Waals surface area contributed by atoms with Crippen LogP contribution in [0.1, 0.15) is 47.2 Å². The van der Waals surface area contributed by atoms with Gasteiger partial charge in [0.2, 0.25) is 11.8 Å². The van der Waals surface area contributed by atoms with E-state index in [2.05, 4.69) is 5.32 Å². The van der Waals surface area contributed by atoms with E-state index in [9.17, 15) is 19.7 Å². The van der Waals surface area contributed by atoms with Crippen molar-refractivity contribution in [3.8, 4) is 0 Å². The third-order valence-corrected chi connectivity index (χ3v) is 10.9. The number of nitrogens with zero attached hydrogens (tertiary/aromatic N) is 3. The van der Waals surface area contributed by atoms with Crippen molar-refractivity contribution < 1.29 is 33.2 Å². The van der Waals surface area contributed by atoms with E-state index in [1.807, 2.05) is 30.1 Å². The number of amides is 2. The number of rotatable bonds is 8. The molecule has 3 aromatic carbocycles. The van der Waals surface area contributed by atoms with Crippen molar-refractivity contribution in [3.63, 3.8) is 0 Å². The minimum absolute atomic E-state index is 0.0290. The predicted octanol–water partition coefficient (Wildman–Crippen LogP) is 6.99. The second-order valence-corrected chi connectivity index (χ2v) is 13.8. The molecule has 0 radical (unpaired) electrons. The fourth-order valence-electron chi connectivity index (χ4n) is 8.42. The number of hydrogen-bond donors (Lipinski definition) is 1. The van der Waals surface area contributed by atoms with Gasteiger partial charge in [0.05, 0.1) is 40.9 Å². The lowest BCUT2D eigenvalue weighted by Crippen LogP contribution is -2.54. The molecule has 264 valence electrons. The quantitative estimate of drug-likeness (QED) is 0.149. The number of piperidine rings is 1. The van der Waals surface area contributed by atoms with Crippen LogP contribution in [0.2, 0.25) is 10.0 Å². The van der Waals surface area contributed by atoms with Gasteiger partial charge >= 0.3 is 5.97 Å². The molecule has 11 nitrogen and oxygen atoms in total. The summed E-state index contributed by atoms with van der Waals surface area (Å²) in [6.07, 6.45) is 6.65. The first-order valence-electron chi connectivity index (χ1n) is 16.5. The molecule has 51 heavy (non-hydrogen) atoms. The number of benzene rings is 3. The number of nitro groups is 1. The number of allylic oxidation sites excluding steroid dienone is 3. The largest absolute Gasteiger partial charge is 0.498 e. The number of anilines is 2. The van der Waals surface area contributed by atoms with Gasteiger partial charge in [0.1, 0.15) is 17.0 Å². The zero-order valence-corrected chi connectivity index (χ0v) is 29.1. The highest BCUT2D eigenvalue weighted by atomic mass is 35.5. The Morgan fingerprint density at radius 1 is 1.16 bits per heavy atom. The van der Waals surface area contributed by atoms with Crippen molar-refractivity contribution >= 4 is 58.0 Å². The van der Waals surface area contributed by atoms with Crippen LogP contribution in [0.5, 0.6) is 0 Å².